The number of oxazole rings is 1. The third kappa shape index (κ3) is 3.68. The molecular formula is C18H14F4N2O2. The highest BCUT2D eigenvalue weighted by atomic mass is 19.4. The Morgan fingerprint density at radius 3 is 2.77 bits per heavy atom. The monoisotopic (exact) mass is 366 g/mol. The zero-order valence-corrected chi connectivity index (χ0v) is 13.7. The fourth-order valence-electron chi connectivity index (χ4n) is 2.20. The molecule has 3 aromatic rings. The number of nitrogens with zero attached hydrogens (tertiary/aromatic N) is 2. The summed E-state index contributed by atoms with van der Waals surface area (Å²) < 4.78 is 63.1. The molecule has 0 radical (unpaired) electrons. The number of hydrogen-bond donors (Lipinski definition) is 0. The molecule has 0 spiro atoms. The lowest BCUT2D eigenvalue weighted by Gasteiger charge is -2.11. The summed E-state index contributed by atoms with van der Waals surface area (Å²) in [6.07, 6.45) is -3.03. The van der Waals surface area contributed by atoms with Crippen molar-refractivity contribution in [2.45, 2.75) is 19.3 Å². The molecule has 0 fully saturated rings. The van der Waals surface area contributed by atoms with Crippen molar-refractivity contribution < 1.29 is 26.7 Å². The molecule has 3 rings (SSSR count). The average molecular weight is 366 g/mol. The summed E-state index contributed by atoms with van der Waals surface area (Å²) in [7, 11) is 0. The normalized spacial score (nSPS) is 13.0. The maximum Gasteiger partial charge on any atom is 0.416 e. The van der Waals surface area contributed by atoms with Crippen LogP contribution in [0.4, 0.5) is 17.6 Å². The van der Waals surface area contributed by atoms with Crippen LogP contribution in [0.2, 0.25) is 0 Å². The molecule has 0 aliphatic rings. The Bertz CT molecular complexity index is 950. The van der Waals surface area contributed by atoms with Crippen LogP contribution in [-0.2, 0) is 6.18 Å². The van der Waals surface area contributed by atoms with Gasteiger partial charge >= 0.3 is 6.18 Å². The minimum atomic E-state index is -4.48. The van der Waals surface area contributed by atoms with Crippen molar-refractivity contribution in [3.63, 3.8) is 0 Å². The van der Waals surface area contributed by atoms with Gasteiger partial charge in [0.05, 0.1) is 17.3 Å². The minimum absolute atomic E-state index is 0.0578. The second-order valence-electron chi connectivity index (χ2n) is 5.70. The molecule has 1 aromatic carbocycles. The summed E-state index contributed by atoms with van der Waals surface area (Å²) >= 11 is 0. The largest absolute Gasteiger partial charge is 0.488 e. The van der Waals surface area contributed by atoms with Gasteiger partial charge in [0.25, 0.3) is 0 Å². The van der Waals surface area contributed by atoms with Gasteiger partial charge in [0.15, 0.2) is 11.8 Å². The highest BCUT2D eigenvalue weighted by molar-refractivity contribution is 5.78. The van der Waals surface area contributed by atoms with Crippen molar-refractivity contribution in [2.24, 2.45) is 0 Å². The molecule has 26 heavy (non-hydrogen) atoms. The summed E-state index contributed by atoms with van der Waals surface area (Å²) in [6.45, 7) is 4.78. The molecular weight excluding hydrogens is 352 g/mol. The van der Waals surface area contributed by atoms with Crippen molar-refractivity contribution in [3.8, 4) is 17.2 Å². The molecule has 1 atom stereocenters. The molecule has 2 aromatic heterocycles. The number of aromatic nitrogens is 2. The molecule has 0 aliphatic carbocycles. The molecule has 0 N–H and O–H groups in total. The first-order valence-electron chi connectivity index (χ1n) is 7.60. The van der Waals surface area contributed by atoms with Crippen molar-refractivity contribution >= 4 is 11.1 Å². The topological polar surface area (TPSA) is 48.2 Å². The Balaban J connectivity index is 1.95. The van der Waals surface area contributed by atoms with Crippen LogP contribution >= 0.6 is 0 Å². The Kier molecular flexibility index (Phi) is 4.67. The van der Waals surface area contributed by atoms with Crippen LogP contribution in [0, 0.1) is 0 Å². The second-order valence-corrected chi connectivity index (χ2v) is 5.70. The quantitative estimate of drug-likeness (QED) is 0.460. The van der Waals surface area contributed by atoms with Gasteiger partial charge in [-0.05, 0) is 36.8 Å². The standard InChI is InChI=1S/C18H14F4N2O2/c1-10(2)13(19)9-25-16-8-23-6-5-12(16)17-24-14-7-11(18(20,21)22)3-4-15(14)26-17/h3-8,13H,1,9H2,2H3. The highest BCUT2D eigenvalue weighted by Gasteiger charge is 2.31. The second kappa shape index (κ2) is 6.78. The maximum absolute atomic E-state index is 13.7. The van der Waals surface area contributed by atoms with Crippen LogP contribution in [0.5, 0.6) is 5.75 Å². The number of ether oxygens (including phenoxy) is 1. The van der Waals surface area contributed by atoms with Gasteiger partial charge in [-0.3, -0.25) is 4.98 Å². The number of halogens is 4. The smallest absolute Gasteiger partial charge is 0.416 e. The third-order valence-corrected chi connectivity index (χ3v) is 3.65. The molecule has 0 saturated carbocycles. The van der Waals surface area contributed by atoms with Crippen molar-refractivity contribution in [1.29, 1.82) is 0 Å². The first-order valence-corrected chi connectivity index (χ1v) is 7.60. The number of rotatable bonds is 5. The lowest BCUT2D eigenvalue weighted by atomic mass is 10.2. The first kappa shape index (κ1) is 17.9. The molecule has 4 nitrogen and oxygen atoms in total. The van der Waals surface area contributed by atoms with E-state index in [9.17, 15) is 17.6 Å². The summed E-state index contributed by atoms with van der Waals surface area (Å²) in [6, 6.07) is 4.55. The van der Waals surface area contributed by atoms with Gasteiger partial charge in [-0.25, -0.2) is 9.37 Å². The minimum Gasteiger partial charge on any atom is -0.488 e. The van der Waals surface area contributed by atoms with Crippen LogP contribution in [0.1, 0.15) is 12.5 Å². The predicted molar refractivity (Wildman–Crippen MR) is 87.4 cm³/mol. The number of hydrogen-bond acceptors (Lipinski definition) is 4. The Morgan fingerprint density at radius 2 is 2.08 bits per heavy atom. The van der Waals surface area contributed by atoms with E-state index in [0.29, 0.717) is 11.1 Å². The van der Waals surface area contributed by atoms with Crippen molar-refractivity contribution in [2.75, 3.05) is 6.61 Å². The van der Waals surface area contributed by atoms with E-state index >= 15 is 0 Å². The van der Waals surface area contributed by atoms with Gasteiger partial charge in [-0.15, -0.1) is 0 Å². The average Bonchev–Trinajstić information content (AvgIpc) is 3.02. The van der Waals surface area contributed by atoms with Crippen LogP contribution in [-0.4, -0.2) is 22.7 Å². The van der Waals surface area contributed by atoms with E-state index in [2.05, 4.69) is 16.5 Å². The van der Waals surface area contributed by atoms with E-state index < -0.39 is 17.9 Å². The zero-order valence-electron chi connectivity index (χ0n) is 13.7. The summed E-state index contributed by atoms with van der Waals surface area (Å²) in [4.78, 5) is 8.00. The number of fused-ring (bicyclic) bond motifs is 1. The van der Waals surface area contributed by atoms with E-state index in [0.717, 1.165) is 12.1 Å². The fourth-order valence-corrected chi connectivity index (χ4v) is 2.20. The molecule has 2 heterocycles. The summed E-state index contributed by atoms with van der Waals surface area (Å²) in [5, 5.41) is 0. The SMILES string of the molecule is C=C(C)C(F)COc1cnccc1-c1nc2cc(C(F)(F)F)ccc2o1. The van der Waals surface area contributed by atoms with E-state index in [1.165, 1.54) is 31.5 Å². The first-order chi connectivity index (χ1) is 12.3. The fraction of sp³-hybridized carbons (Fsp3) is 0.222. The van der Waals surface area contributed by atoms with Gasteiger partial charge in [0, 0.05) is 6.20 Å². The molecule has 1 unspecified atom stereocenters. The van der Waals surface area contributed by atoms with Crippen LogP contribution in [0.15, 0.2) is 53.2 Å². The Hall–Kier alpha value is -2.90. The zero-order chi connectivity index (χ0) is 18.9. The van der Waals surface area contributed by atoms with E-state index in [-0.39, 0.29) is 29.3 Å². The van der Waals surface area contributed by atoms with Crippen molar-refractivity contribution in [1.82, 2.24) is 9.97 Å². The van der Waals surface area contributed by atoms with E-state index in [4.69, 9.17) is 9.15 Å². The van der Waals surface area contributed by atoms with Gasteiger partial charge in [-0.1, -0.05) is 6.58 Å². The van der Waals surface area contributed by atoms with Crippen LogP contribution in [0.25, 0.3) is 22.6 Å². The van der Waals surface area contributed by atoms with Crippen molar-refractivity contribution in [3.05, 3.63) is 54.4 Å². The summed E-state index contributed by atoms with van der Waals surface area (Å²) in [5.41, 5.74) is 0.109. The van der Waals surface area contributed by atoms with Crippen LogP contribution in [0.3, 0.4) is 0 Å². The lowest BCUT2D eigenvalue weighted by Crippen LogP contribution is -2.13. The Morgan fingerprint density at radius 1 is 1.31 bits per heavy atom. The molecule has 136 valence electrons. The number of pyridine rings is 1. The predicted octanol–water partition coefficient (Wildman–Crippen LogP) is 5.20. The lowest BCUT2D eigenvalue weighted by molar-refractivity contribution is -0.137. The molecule has 0 saturated heterocycles. The van der Waals surface area contributed by atoms with Gasteiger partial charge in [-0.2, -0.15) is 13.2 Å². The number of alkyl halides is 4. The molecule has 8 heteroatoms. The maximum atomic E-state index is 13.7. The molecule has 0 aliphatic heterocycles. The highest BCUT2D eigenvalue weighted by Crippen LogP contribution is 2.34. The van der Waals surface area contributed by atoms with E-state index in [1.807, 2.05) is 0 Å². The Labute approximate surface area is 146 Å². The van der Waals surface area contributed by atoms with Crippen LogP contribution < -0.4 is 4.74 Å². The summed E-state index contributed by atoms with van der Waals surface area (Å²) in [5.74, 6) is 0.265. The van der Waals surface area contributed by atoms with Gasteiger partial charge in [0.1, 0.15) is 17.9 Å². The van der Waals surface area contributed by atoms with E-state index in [1.54, 1.807) is 0 Å². The van der Waals surface area contributed by atoms with Gasteiger partial charge in [0.2, 0.25) is 5.89 Å². The molecule has 0 amide bonds. The van der Waals surface area contributed by atoms with Gasteiger partial charge < -0.3 is 9.15 Å². The number of benzene rings is 1. The molecule has 0 bridgehead atoms. The third-order valence-electron chi connectivity index (χ3n) is 3.65.